The fourth-order valence-electron chi connectivity index (χ4n) is 2.33. The number of hydrogen-bond donors (Lipinski definition) is 1. The van der Waals surface area contributed by atoms with Crippen LogP contribution in [0.5, 0.6) is 0 Å². The summed E-state index contributed by atoms with van der Waals surface area (Å²) in [6, 6.07) is 0.582. The fourth-order valence-corrected chi connectivity index (χ4v) is 2.33. The van der Waals surface area contributed by atoms with Crippen molar-refractivity contribution in [1.29, 1.82) is 0 Å². The van der Waals surface area contributed by atoms with Crippen LogP contribution in [0.4, 0.5) is 0 Å². The maximum atomic E-state index is 5.82. The molecule has 1 fully saturated rings. The second-order valence-electron chi connectivity index (χ2n) is 4.84. The first-order valence-corrected chi connectivity index (χ1v) is 7.11. The van der Waals surface area contributed by atoms with Crippen molar-refractivity contribution in [3.63, 3.8) is 0 Å². The van der Waals surface area contributed by atoms with E-state index in [4.69, 9.17) is 4.74 Å². The van der Waals surface area contributed by atoms with Gasteiger partial charge >= 0.3 is 0 Å². The van der Waals surface area contributed by atoms with Crippen LogP contribution in [0.15, 0.2) is 0 Å². The molecule has 1 aliphatic rings. The summed E-state index contributed by atoms with van der Waals surface area (Å²) in [5.41, 5.74) is 0. The zero-order chi connectivity index (χ0) is 12.3. The van der Waals surface area contributed by atoms with Crippen LogP contribution in [-0.4, -0.2) is 25.3 Å². The molecule has 0 bridgehead atoms. The van der Waals surface area contributed by atoms with Gasteiger partial charge in [-0.15, -0.1) is 11.8 Å². The summed E-state index contributed by atoms with van der Waals surface area (Å²) < 4.78 is 5.82. The summed E-state index contributed by atoms with van der Waals surface area (Å²) in [5.74, 6) is 6.14. The Morgan fingerprint density at radius 2 is 2.29 bits per heavy atom. The molecule has 0 radical (unpaired) electrons. The van der Waals surface area contributed by atoms with Gasteiger partial charge in [0.2, 0.25) is 0 Å². The lowest BCUT2D eigenvalue weighted by Crippen LogP contribution is -2.35. The molecule has 98 valence electrons. The van der Waals surface area contributed by atoms with Crippen molar-refractivity contribution in [1.82, 2.24) is 5.32 Å². The molecule has 1 N–H and O–H groups in total. The van der Waals surface area contributed by atoms with Crippen LogP contribution in [-0.2, 0) is 4.74 Å². The SMILES string of the molecule is CC#CCCC(CC1CCCCO1)NCCC. The Bertz CT molecular complexity index is 235. The number of rotatable bonds is 7. The molecular formula is C15H27NO. The van der Waals surface area contributed by atoms with E-state index in [9.17, 15) is 0 Å². The monoisotopic (exact) mass is 237 g/mol. The van der Waals surface area contributed by atoms with Crippen LogP contribution < -0.4 is 5.32 Å². The molecule has 0 aliphatic carbocycles. The maximum Gasteiger partial charge on any atom is 0.0590 e. The third-order valence-electron chi connectivity index (χ3n) is 3.30. The summed E-state index contributed by atoms with van der Waals surface area (Å²) in [5, 5.41) is 3.63. The molecule has 2 atom stereocenters. The first-order valence-electron chi connectivity index (χ1n) is 7.11. The Labute approximate surface area is 107 Å². The molecule has 0 spiro atoms. The Hall–Kier alpha value is -0.520. The van der Waals surface area contributed by atoms with E-state index >= 15 is 0 Å². The van der Waals surface area contributed by atoms with Crippen molar-refractivity contribution in [2.24, 2.45) is 0 Å². The van der Waals surface area contributed by atoms with Gasteiger partial charge in [0, 0.05) is 19.1 Å². The van der Waals surface area contributed by atoms with E-state index in [2.05, 4.69) is 24.1 Å². The zero-order valence-electron chi connectivity index (χ0n) is 11.4. The second kappa shape index (κ2) is 9.50. The standard InChI is InChI=1S/C15H27NO/c1-3-5-6-9-14(16-11-4-2)13-15-10-7-8-12-17-15/h14-16H,4,6-13H2,1-2H3. The van der Waals surface area contributed by atoms with Crippen LogP contribution in [0.2, 0.25) is 0 Å². The van der Waals surface area contributed by atoms with Crippen LogP contribution >= 0.6 is 0 Å². The van der Waals surface area contributed by atoms with E-state index in [0.717, 1.165) is 32.4 Å². The molecule has 2 heteroatoms. The maximum absolute atomic E-state index is 5.82. The molecule has 1 rings (SSSR count). The first-order chi connectivity index (χ1) is 8.36. The van der Waals surface area contributed by atoms with E-state index in [1.165, 1.54) is 25.7 Å². The smallest absolute Gasteiger partial charge is 0.0590 e. The zero-order valence-corrected chi connectivity index (χ0v) is 11.4. The van der Waals surface area contributed by atoms with Crippen molar-refractivity contribution < 1.29 is 4.74 Å². The molecule has 17 heavy (non-hydrogen) atoms. The number of nitrogens with one attached hydrogen (secondary N) is 1. The largest absolute Gasteiger partial charge is 0.378 e. The topological polar surface area (TPSA) is 21.3 Å². The highest BCUT2D eigenvalue weighted by Gasteiger charge is 2.18. The van der Waals surface area contributed by atoms with Gasteiger partial charge in [0.15, 0.2) is 0 Å². The Balaban J connectivity index is 2.28. The summed E-state index contributed by atoms with van der Waals surface area (Å²) in [4.78, 5) is 0. The van der Waals surface area contributed by atoms with Crippen LogP contribution in [0, 0.1) is 11.8 Å². The number of hydrogen-bond acceptors (Lipinski definition) is 2. The van der Waals surface area contributed by atoms with Gasteiger partial charge in [-0.3, -0.25) is 0 Å². The lowest BCUT2D eigenvalue weighted by molar-refractivity contribution is 0.00482. The van der Waals surface area contributed by atoms with Crippen molar-refractivity contribution in [3.05, 3.63) is 0 Å². The van der Waals surface area contributed by atoms with Gasteiger partial charge in [-0.25, -0.2) is 0 Å². The molecular weight excluding hydrogens is 210 g/mol. The van der Waals surface area contributed by atoms with Gasteiger partial charge in [0.1, 0.15) is 0 Å². The lowest BCUT2D eigenvalue weighted by Gasteiger charge is -2.27. The highest BCUT2D eigenvalue weighted by molar-refractivity contribution is 4.95. The molecule has 0 aromatic heterocycles. The van der Waals surface area contributed by atoms with Gasteiger partial charge in [0.05, 0.1) is 6.10 Å². The summed E-state index contributed by atoms with van der Waals surface area (Å²) in [6.45, 7) is 6.20. The highest BCUT2D eigenvalue weighted by Crippen LogP contribution is 2.18. The molecule has 1 saturated heterocycles. The normalized spacial score (nSPS) is 21.6. The molecule has 0 amide bonds. The Morgan fingerprint density at radius 3 is 2.94 bits per heavy atom. The minimum atomic E-state index is 0.479. The Morgan fingerprint density at radius 1 is 1.41 bits per heavy atom. The van der Waals surface area contributed by atoms with Crippen LogP contribution in [0.3, 0.4) is 0 Å². The van der Waals surface area contributed by atoms with Crippen molar-refractivity contribution in [3.8, 4) is 11.8 Å². The van der Waals surface area contributed by atoms with Gasteiger partial charge in [-0.1, -0.05) is 6.92 Å². The summed E-state index contributed by atoms with van der Waals surface area (Å²) in [6.07, 6.45) is 8.81. The molecule has 0 aromatic rings. The third kappa shape index (κ3) is 6.71. The van der Waals surface area contributed by atoms with Gasteiger partial charge in [0.25, 0.3) is 0 Å². The molecule has 1 aliphatic heterocycles. The van der Waals surface area contributed by atoms with Gasteiger partial charge < -0.3 is 10.1 Å². The molecule has 1 heterocycles. The highest BCUT2D eigenvalue weighted by atomic mass is 16.5. The quantitative estimate of drug-likeness (QED) is 0.687. The van der Waals surface area contributed by atoms with Crippen molar-refractivity contribution in [2.45, 2.75) is 70.9 Å². The van der Waals surface area contributed by atoms with E-state index in [-0.39, 0.29) is 0 Å². The van der Waals surface area contributed by atoms with Crippen molar-refractivity contribution in [2.75, 3.05) is 13.2 Å². The molecule has 0 saturated carbocycles. The predicted octanol–water partition coefficient (Wildman–Crippen LogP) is 3.12. The van der Waals surface area contributed by atoms with Crippen LogP contribution in [0.1, 0.15) is 58.8 Å². The van der Waals surface area contributed by atoms with Crippen LogP contribution in [0.25, 0.3) is 0 Å². The van der Waals surface area contributed by atoms with E-state index in [1.54, 1.807) is 0 Å². The summed E-state index contributed by atoms with van der Waals surface area (Å²) in [7, 11) is 0. The van der Waals surface area contributed by atoms with Gasteiger partial charge in [-0.2, -0.15) is 0 Å². The Kier molecular flexibility index (Phi) is 8.13. The second-order valence-corrected chi connectivity index (χ2v) is 4.84. The third-order valence-corrected chi connectivity index (χ3v) is 3.30. The predicted molar refractivity (Wildman–Crippen MR) is 73.0 cm³/mol. The van der Waals surface area contributed by atoms with Gasteiger partial charge in [-0.05, 0) is 52.0 Å². The number of ether oxygens (including phenoxy) is 1. The van der Waals surface area contributed by atoms with Crippen molar-refractivity contribution >= 4 is 0 Å². The van der Waals surface area contributed by atoms with E-state index in [1.807, 2.05) is 6.92 Å². The van der Waals surface area contributed by atoms with E-state index in [0.29, 0.717) is 12.1 Å². The summed E-state index contributed by atoms with van der Waals surface area (Å²) >= 11 is 0. The average molecular weight is 237 g/mol. The minimum Gasteiger partial charge on any atom is -0.378 e. The lowest BCUT2D eigenvalue weighted by atomic mass is 9.99. The molecule has 2 unspecified atom stereocenters. The first kappa shape index (κ1) is 14.5. The molecule has 0 aromatic carbocycles. The fraction of sp³-hybridized carbons (Fsp3) is 0.867. The average Bonchev–Trinajstić information content (AvgIpc) is 2.37. The molecule has 2 nitrogen and oxygen atoms in total. The minimum absolute atomic E-state index is 0.479. The van der Waals surface area contributed by atoms with E-state index < -0.39 is 0 Å².